The normalized spacial score (nSPS) is 12.9. The Hall–Kier alpha value is -3.16. The minimum absolute atomic E-state index is 0.0000616. The van der Waals surface area contributed by atoms with Crippen LogP contribution in [-0.2, 0) is 16.1 Å². The van der Waals surface area contributed by atoms with Gasteiger partial charge in [-0.25, -0.2) is 4.79 Å². The monoisotopic (exact) mass is 401 g/mol. The van der Waals surface area contributed by atoms with Crippen LogP contribution in [-0.4, -0.2) is 27.9 Å². The molecule has 0 bridgehead atoms. The molecule has 3 N–H and O–H groups in total. The molecule has 1 aromatic heterocycles. The number of hydrogen-bond acceptors (Lipinski definition) is 6. The summed E-state index contributed by atoms with van der Waals surface area (Å²) >= 11 is 0. The summed E-state index contributed by atoms with van der Waals surface area (Å²) in [4.78, 5) is 51.4. The highest BCUT2D eigenvalue weighted by Gasteiger charge is 2.28. The third-order valence-corrected chi connectivity index (χ3v) is 4.94. The maximum absolute atomic E-state index is 12.7. The molecule has 0 spiro atoms. The number of aromatic amines is 1. The van der Waals surface area contributed by atoms with Crippen molar-refractivity contribution in [2.45, 2.75) is 46.1 Å². The van der Waals surface area contributed by atoms with Gasteiger partial charge in [0.05, 0.1) is 5.92 Å². The molecule has 1 heterocycles. The fourth-order valence-electron chi connectivity index (χ4n) is 3.19. The number of ether oxygens (including phenoxy) is 1. The molecule has 156 valence electrons. The van der Waals surface area contributed by atoms with Crippen LogP contribution in [0, 0.1) is 5.92 Å². The molecule has 2 rings (SSSR count). The number of nitrogen functional groups attached to an aromatic ring is 1. The number of ketones is 1. The molecule has 0 amide bonds. The van der Waals surface area contributed by atoms with Crippen molar-refractivity contribution in [1.82, 2.24) is 9.55 Å². The van der Waals surface area contributed by atoms with Gasteiger partial charge in [0.2, 0.25) is 5.78 Å². The minimum atomic E-state index is -0.887. The molecular formula is C21H27N3O5. The van der Waals surface area contributed by atoms with Crippen molar-refractivity contribution >= 4 is 17.6 Å². The first-order valence-electron chi connectivity index (χ1n) is 9.69. The lowest BCUT2D eigenvalue weighted by molar-refractivity contribution is -0.145. The highest BCUT2D eigenvalue weighted by Crippen LogP contribution is 2.28. The highest BCUT2D eigenvalue weighted by atomic mass is 16.5. The first-order valence-corrected chi connectivity index (χ1v) is 9.69. The number of nitrogens with one attached hydrogen (secondary N) is 1. The van der Waals surface area contributed by atoms with E-state index in [2.05, 4.69) is 4.98 Å². The van der Waals surface area contributed by atoms with Crippen molar-refractivity contribution in [2.24, 2.45) is 5.92 Å². The van der Waals surface area contributed by atoms with E-state index in [1.54, 1.807) is 0 Å². The number of carbonyl (C=O) groups is 2. The summed E-state index contributed by atoms with van der Waals surface area (Å²) in [6, 6.07) is 9.19. The number of H-pyrrole nitrogens is 1. The molecule has 0 unspecified atom stereocenters. The number of rotatable bonds is 9. The number of hydrogen-bond donors (Lipinski definition) is 2. The van der Waals surface area contributed by atoms with Crippen molar-refractivity contribution in [1.29, 1.82) is 0 Å². The Kier molecular flexibility index (Phi) is 7.52. The lowest BCUT2D eigenvalue weighted by Crippen LogP contribution is -2.37. The third-order valence-electron chi connectivity index (χ3n) is 4.94. The Balaban J connectivity index is 2.23. The Morgan fingerprint density at radius 1 is 1.17 bits per heavy atom. The summed E-state index contributed by atoms with van der Waals surface area (Å²) in [5.41, 5.74) is 4.75. The van der Waals surface area contributed by atoms with Gasteiger partial charge in [-0.05, 0) is 17.9 Å². The molecule has 2 aromatic rings. The highest BCUT2D eigenvalue weighted by molar-refractivity contribution is 6.01. The summed E-state index contributed by atoms with van der Waals surface area (Å²) < 4.78 is 6.38. The molecule has 2 atom stereocenters. The molecule has 0 aliphatic heterocycles. The number of esters is 1. The number of aromatic nitrogens is 2. The first-order chi connectivity index (χ1) is 13.8. The molecule has 8 heteroatoms. The fourth-order valence-corrected chi connectivity index (χ4v) is 3.19. The zero-order valence-corrected chi connectivity index (χ0v) is 16.9. The van der Waals surface area contributed by atoms with E-state index in [1.807, 2.05) is 51.1 Å². The lowest BCUT2D eigenvalue weighted by atomic mass is 9.85. The maximum Gasteiger partial charge on any atom is 0.329 e. The van der Waals surface area contributed by atoms with Crippen LogP contribution >= 0.6 is 0 Å². The summed E-state index contributed by atoms with van der Waals surface area (Å²) in [6.45, 7) is 5.36. The van der Waals surface area contributed by atoms with Gasteiger partial charge in [-0.15, -0.1) is 0 Å². The van der Waals surface area contributed by atoms with Gasteiger partial charge in [0.15, 0.2) is 6.61 Å². The van der Waals surface area contributed by atoms with Crippen molar-refractivity contribution in [3.8, 4) is 0 Å². The molecule has 29 heavy (non-hydrogen) atoms. The van der Waals surface area contributed by atoms with Gasteiger partial charge in [0.25, 0.3) is 5.56 Å². The van der Waals surface area contributed by atoms with Crippen LogP contribution in [0.15, 0.2) is 39.9 Å². The van der Waals surface area contributed by atoms with E-state index in [-0.39, 0.29) is 23.8 Å². The average molecular weight is 401 g/mol. The Morgan fingerprint density at radius 3 is 2.41 bits per heavy atom. The van der Waals surface area contributed by atoms with Crippen LogP contribution in [0.2, 0.25) is 0 Å². The summed E-state index contributed by atoms with van der Waals surface area (Å²) in [7, 11) is 0. The van der Waals surface area contributed by atoms with Crippen LogP contribution in [0.5, 0.6) is 0 Å². The smallest absolute Gasteiger partial charge is 0.329 e. The van der Waals surface area contributed by atoms with Crippen LogP contribution < -0.4 is 17.0 Å². The zero-order chi connectivity index (χ0) is 21.6. The Bertz CT molecular complexity index is 978. The van der Waals surface area contributed by atoms with Crippen molar-refractivity contribution < 1.29 is 14.3 Å². The standard InChI is InChI=1S/C21H27N3O5/c1-4-11-24-18(22)17(19(26)23-21(24)28)15(25)12-29-20(27)16(13(3)5-2)14-9-7-6-8-10-14/h6-10,13,16H,4-5,11-12,22H2,1-3H3,(H,23,26,28)/t13-,16-/m0/s1. The van der Waals surface area contributed by atoms with Gasteiger partial charge in [0, 0.05) is 6.54 Å². The second-order valence-electron chi connectivity index (χ2n) is 6.98. The van der Waals surface area contributed by atoms with Crippen molar-refractivity contribution in [3.63, 3.8) is 0 Å². The fraction of sp³-hybridized carbons (Fsp3) is 0.429. The molecule has 0 aliphatic carbocycles. The average Bonchev–Trinajstić information content (AvgIpc) is 2.70. The molecule has 1 aromatic carbocycles. The second kappa shape index (κ2) is 9.86. The van der Waals surface area contributed by atoms with Crippen molar-refractivity contribution in [2.75, 3.05) is 12.3 Å². The molecule has 0 radical (unpaired) electrons. The molecule has 0 fully saturated rings. The van der Waals surface area contributed by atoms with E-state index in [0.717, 1.165) is 16.6 Å². The first kappa shape index (κ1) is 22.1. The predicted octanol–water partition coefficient (Wildman–Crippen LogP) is 2.08. The van der Waals surface area contributed by atoms with E-state index in [0.29, 0.717) is 6.42 Å². The zero-order valence-electron chi connectivity index (χ0n) is 16.9. The van der Waals surface area contributed by atoms with Crippen LogP contribution in [0.3, 0.4) is 0 Å². The quantitative estimate of drug-likeness (QED) is 0.490. The molecule has 8 nitrogen and oxygen atoms in total. The number of Topliss-reactive ketones (excluding diaryl/α,β-unsaturated/α-hetero) is 1. The minimum Gasteiger partial charge on any atom is -0.457 e. The number of carbonyl (C=O) groups excluding carboxylic acids is 2. The number of nitrogens with zero attached hydrogens (tertiary/aromatic N) is 1. The SMILES string of the molecule is CCCn1c(N)c(C(=O)COC(=O)[C@H](c2ccccc2)[C@@H](C)CC)c(=O)[nH]c1=O. The summed E-state index contributed by atoms with van der Waals surface area (Å²) in [5, 5.41) is 0. The van der Waals surface area contributed by atoms with Crippen LogP contribution in [0.4, 0.5) is 5.82 Å². The number of anilines is 1. The van der Waals surface area contributed by atoms with Gasteiger partial charge in [-0.1, -0.05) is 57.5 Å². The van der Waals surface area contributed by atoms with Crippen LogP contribution in [0.25, 0.3) is 0 Å². The molecular weight excluding hydrogens is 374 g/mol. The lowest BCUT2D eigenvalue weighted by Gasteiger charge is -2.21. The van der Waals surface area contributed by atoms with Gasteiger partial charge in [0.1, 0.15) is 11.4 Å². The van der Waals surface area contributed by atoms with E-state index < -0.39 is 35.5 Å². The van der Waals surface area contributed by atoms with Gasteiger partial charge in [-0.2, -0.15) is 0 Å². The van der Waals surface area contributed by atoms with E-state index in [4.69, 9.17) is 10.5 Å². The molecule has 0 saturated heterocycles. The largest absolute Gasteiger partial charge is 0.457 e. The predicted molar refractivity (Wildman–Crippen MR) is 110 cm³/mol. The molecule has 0 aliphatic rings. The number of nitrogens with two attached hydrogens (primary N) is 1. The van der Waals surface area contributed by atoms with Crippen molar-refractivity contribution in [3.05, 3.63) is 62.3 Å². The summed E-state index contributed by atoms with van der Waals surface area (Å²) in [5.74, 6) is -2.05. The van der Waals surface area contributed by atoms with E-state index >= 15 is 0 Å². The number of benzene rings is 1. The van der Waals surface area contributed by atoms with Gasteiger partial charge >= 0.3 is 11.7 Å². The second-order valence-corrected chi connectivity index (χ2v) is 6.98. The summed E-state index contributed by atoms with van der Waals surface area (Å²) in [6.07, 6.45) is 1.34. The van der Waals surface area contributed by atoms with Crippen LogP contribution in [0.1, 0.15) is 55.5 Å². The van der Waals surface area contributed by atoms with E-state index in [1.165, 1.54) is 0 Å². The van der Waals surface area contributed by atoms with Gasteiger partial charge < -0.3 is 10.5 Å². The van der Waals surface area contributed by atoms with E-state index in [9.17, 15) is 19.2 Å². The maximum atomic E-state index is 12.7. The molecule has 0 saturated carbocycles. The topological polar surface area (TPSA) is 124 Å². The Morgan fingerprint density at radius 2 is 1.83 bits per heavy atom. The third kappa shape index (κ3) is 5.01. The van der Waals surface area contributed by atoms with Gasteiger partial charge in [-0.3, -0.25) is 23.9 Å². The Labute approximate surface area is 168 Å².